The van der Waals surface area contributed by atoms with E-state index in [1.165, 1.54) is 6.07 Å². The van der Waals surface area contributed by atoms with Crippen LogP contribution >= 0.6 is 11.6 Å². The molecule has 0 radical (unpaired) electrons. The summed E-state index contributed by atoms with van der Waals surface area (Å²) in [6.07, 6.45) is 0. The quantitative estimate of drug-likeness (QED) is 0.554. The van der Waals surface area contributed by atoms with Crippen molar-refractivity contribution < 1.29 is 4.92 Å². The maximum Gasteiger partial charge on any atom is 0.295 e. The van der Waals surface area contributed by atoms with Gasteiger partial charge in [-0.05, 0) is 42.8 Å². The third-order valence-corrected chi connectivity index (χ3v) is 3.59. The minimum atomic E-state index is -0.416. The molecule has 5 nitrogen and oxygen atoms in total. The predicted molar refractivity (Wildman–Crippen MR) is 87.9 cm³/mol. The number of hydrogen-bond acceptors (Lipinski definition) is 4. The molecule has 0 saturated heterocycles. The molecule has 0 amide bonds. The second-order valence-electron chi connectivity index (χ2n) is 4.89. The maximum absolute atomic E-state index is 11.2. The lowest BCUT2D eigenvalue weighted by molar-refractivity contribution is -0.383. The molecular weight excluding hydrogens is 302 g/mol. The van der Waals surface area contributed by atoms with Crippen LogP contribution in [0.5, 0.6) is 0 Å². The van der Waals surface area contributed by atoms with Gasteiger partial charge in [0, 0.05) is 22.2 Å². The van der Waals surface area contributed by atoms with Crippen LogP contribution in [-0.2, 0) is 0 Å². The van der Waals surface area contributed by atoms with Gasteiger partial charge in [-0.15, -0.1) is 0 Å². The largest absolute Gasteiger partial charge is 0.340 e. The van der Waals surface area contributed by atoms with E-state index in [4.69, 9.17) is 11.6 Å². The van der Waals surface area contributed by atoms with Crippen LogP contribution in [0.2, 0.25) is 5.02 Å². The Morgan fingerprint density at radius 1 is 1.18 bits per heavy atom. The van der Waals surface area contributed by atoms with E-state index in [9.17, 15) is 10.1 Å². The molecule has 0 aliphatic carbocycles. The molecule has 6 heteroatoms. The van der Waals surface area contributed by atoms with E-state index >= 15 is 0 Å². The molecule has 3 rings (SSSR count). The molecular formula is C16H12ClN3O2. The highest BCUT2D eigenvalue weighted by Gasteiger charge is 2.15. The Morgan fingerprint density at radius 3 is 2.59 bits per heavy atom. The van der Waals surface area contributed by atoms with Crippen LogP contribution in [0, 0.1) is 17.0 Å². The summed E-state index contributed by atoms with van der Waals surface area (Å²) in [5, 5.41) is 15.7. The van der Waals surface area contributed by atoms with Crippen molar-refractivity contribution in [3.8, 4) is 0 Å². The van der Waals surface area contributed by atoms with Crippen LogP contribution in [0.1, 0.15) is 5.56 Å². The van der Waals surface area contributed by atoms with Gasteiger partial charge < -0.3 is 5.32 Å². The molecule has 0 fully saturated rings. The Labute approximate surface area is 131 Å². The van der Waals surface area contributed by atoms with Crippen molar-refractivity contribution >= 4 is 39.7 Å². The van der Waals surface area contributed by atoms with Gasteiger partial charge in [0.25, 0.3) is 5.69 Å². The van der Waals surface area contributed by atoms with Crippen molar-refractivity contribution in [3.63, 3.8) is 0 Å². The Kier molecular flexibility index (Phi) is 3.65. The molecule has 1 N–H and O–H groups in total. The minimum absolute atomic E-state index is 0.000330. The van der Waals surface area contributed by atoms with Crippen LogP contribution in [0.3, 0.4) is 0 Å². The molecule has 2 aromatic carbocycles. The number of pyridine rings is 1. The van der Waals surface area contributed by atoms with Crippen molar-refractivity contribution in [1.29, 1.82) is 0 Å². The number of nitrogens with zero attached hydrogens (tertiary/aromatic N) is 2. The van der Waals surface area contributed by atoms with Gasteiger partial charge in [0.15, 0.2) is 5.52 Å². The SMILES string of the molecule is Cc1cc(Nc2ccc(Cl)cc2)nc2c([N+](=O)[O-])cccc12. The third-order valence-electron chi connectivity index (χ3n) is 3.34. The molecule has 0 unspecified atom stereocenters. The zero-order chi connectivity index (χ0) is 15.7. The summed E-state index contributed by atoms with van der Waals surface area (Å²) in [6, 6.07) is 14.0. The molecule has 0 bridgehead atoms. The normalized spacial score (nSPS) is 10.6. The predicted octanol–water partition coefficient (Wildman–Crippen LogP) is 4.85. The van der Waals surface area contributed by atoms with Gasteiger partial charge in [-0.2, -0.15) is 0 Å². The lowest BCUT2D eigenvalue weighted by atomic mass is 10.1. The Bertz CT molecular complexity index is 863. The fourth-order valence-corrected chi connectivity index (χ4v) is 2.42. The molecule has 0 atom stereocenters. The number of nitro groups is 1. The summed E-state index contributed by atoms with van der Waals surface area (Å²) in [5.41, 5.74) is 2.11. The first kappa shape index (κ1) is 14.3. The zero-order valence-electron chi connectivity index (χ0n) is 11.7. The van der Waals surface area contributed by atoms with E-state index < -0.39 is 4.92 Å². The second-order valence-corrected chi connectivity index (χ2v) is 5.32. The molecule has 0 aliphatic heterocycles. The average Bonchev–Trinajstić information content (AvgIpc) is 2.49. The van der Waals surface area contributed by atoms with Gasteiger partial charge >= 0.3 is 0 Å². The van der Waals surface area contributed by atoms with E-state index in [0.717, 1.165) is 16.6 Å². The van der Waals surface area contributed by atoms with E-state index in [1.807, 2.05) is 31.2 Å². The fourth-order valence-electron chi connectivity index (χ4n) is 2.30. The maximum atomic E-state index is 11.2. The fraction of sp³-hybridized carbons (Fsp3) is 0.0625. The lowest BCUT2D eigenvalue weighted by Gasteiger charge is -2.09. The number of nitrogens with one attached hydrogen (secondary N) is 1. The number of rotatable bonds is 3. The first-order valence-corrected chi connectivity index (χ1v) is 7.00. The Hall–Kier alpha value is -2.66. The second kappa shape index (κ2) is 5.61. The molecule has 3 aromatic rings. The number of anilines is 2. The first-order valence-electron chi connectivity index (χ1n) is 6.62. The van der Waals surface area contributed by atoms with Gasteiger partial charge in [0.1, 0.15) is 5.82 Å². The van der Waals surface area contributed by atoms with E-state index in [2.05, 4.69) is 10.3 Å². The number of halogens is 1. The number of nitro benzene ring substituents is 1. The monoisotopic (exact) mass is 313 g/mol. The van der Waals surface area contributed by atoms with Gasteiger partial charge in [-0.1, -0.05) is 23.7 Å². The van der Waals surface area contributed by atoms with E-state index in [0.29, 0.717) is 16.4 Å². The summed E-state index contributed by atoms with van der Waals surface area (Å²) >= 11 is 5.86. The summed E-state index contributed by atoms with van der Waals surface area (Å²) in [5.74, 6) is 0.557. The summed E-state index contributed by atoms with van der Waals surface area (Å²) in [7, 11) is 0. The Balaban J connectivity index is 2.09. The number of para-hydroxylation sites is 1. The highest BCUT2D eigenvalue weighted by atomic mass is 35.5. The number of aromatic nitrogens is 1. The number of aryl methyl sites for hydroxylation is 1. The van der Waals surface area contributed by atoms with Crippen LogP contribution < -0.4 is 5.32 Å². The zero-order valence-corrected chi connectivity index (χ0v) is 12.5. The molecule has 0 saturated carbocycles. The molecule has 0 spiro atoms. The van der Waals surface area contributed by atoms with Gasteiger partial charge in [0.05, 0.1) is 4.92 Å². The molecule has 110 valence electrons. The first-order chi connectivity index (χ1) is 10.5. The molecule has 0 aliphatic rings. The molecule has 1 aromatic heterocycles. The molecule has 22 heavy (non-hydrogen) atoms. The molecule has 1 heterocycles. The summed E-state index contributed by atoms with van der Waals surface area (Å²) in [6.45, 7) is 1.90. The van der Waals surface area contributed by atoms with Gasteiger partial charge in [-0.25, -0.2) is 4.98 Å². The van der Waals surface area contributed by atoms with Crippen molar-refractivity contribution in [2.45, 2.75) is 6.92 Å². The number of non-ortho nitro benzene ring substituents is 1. The minimum Gasteiger partial charge on any atom is -0.340 e. The number of fused-ring (bicyclic) bond motifs is 1. The van der Waals surface area contributed by atoms with Crippen LogP contribution in [0.25, 0.3) is 10.9 Å². The van der Waals surface area contributed by atoms with Crippen LogP contribution in [0.15, 0.2) is 48.5 Å². The van der Waals surface area contributed by atoms with Gasteiger partial charge in [0.2, 0.25) is 0 Å². The summed E-state index contributed by atoms with van der Waals surface area (Å²) in [4.78, 5) is 15.1. The van der Waals surface area contributed by atoms with E-state index in [-0.39, 0.29) is 5.69 Å². The van der Waals surface area contributed by atoms with Crippen molar-refractivity contribution in [2.24, 2.45) is 0 Å². The summed E-state index contributed by atoms with van der Waals surface area (Å²) < 4.78 is 0. The van der Waals surface area contributed by atoms with Crippen LogP contribution in [0.4, 0.5) is 17.2 Å². The topological polar surface area (TPSA) is 68.1 Å². The highest BCUT2D eigenvalue weighted by Crippen LogP contribution is 2.29. The standard InChI is InChI=1S/C16H12ClN3O2/c1-10-9-15(18-12-7-5-11(17)6-8-12)19-16-13(10)3-2-4-14(16)20(21)22/h2-9H,1H3,(H,18,19). The average molecular weight is 314 g/mol. The number of hydrogen-bond donors (Lipinski definition) is 1. The van der Waals surface area contributed by atoms with E-state index in [1.54, 1.807) is 18.2 Å². The Morgan fingerprint density at radius 2 is 1.91 bits per heavy atom. The van der Waals surface area contributed by atoms with Crippen molar-refractivity contribution in [3.05, 3.63) is 69.2 Å². The van der Waals surface area contributed by atoms with Crippen molar-refractivity contribution in [1.82, 2.24) is 4.98 Å². The van der Waals surface area contributed by atoms with Gasteiger partial charge in [-0.3, -0.25) is 10.1 Å². The third kappa shape index (κ3) is 2.71. The highest BCUT2D eigenvalue weighted by molar-refractivity contribution is 6.30. The lowest BCUT2D eigenvalue weighted by Crippen LogP contribution is -1.98. The smallest absolute Gasteiger partial charge is 0.295 e. The number of benzene rings is 2. The van der Waals surface area contributed by atoms with Crippen molar-refractivity contribution in [2.75, 3.05) is 5.32 Å². The van der Waals surface area contributed by atoms with Crippen LogP contribution in [-0.4, -0.2) is 9.91 Å².